The van der Waals surface area contributed by atoms with E-state index < -0.39 is 6.23 Å². The van der Waals surface area contributed by atoms with Crippen molar-refractivity contribution in [2.75, 3.05) is 12.4 Å². The Balaban J connectivity index is 1.40. The lowest BCUT2D eigenvalue weighted by Crippen LogP contribution is -2.45. The zero-order valence-electron chi connectivity index (χ0n) is 22.1. The molecule has 1 fully saturated rings. The van der Waals surface area contributed by atoms with Gasteiger partial charge in [-0.25, -0.2) is 0 Å². The summed E-state index contributed by atoms with van der Waals surface area (Å²) in [5, 5.41) is 15.9. The Morgan fingerprint density at radius 2 is 2.03 bits per heavy atom. The summed E-state index contributed by atoms with van der Waals surface area (Å²) >= 11 is 0. The second-order valence-corrected chi connectivity index (χ2v) is 9.66. The van der Waals surface area contributed by atoms with Crippen LogP contribution in [0.5, 0.6) is 11.5 Å². The van der Waals surface area contributed by atoms with Gasteiger partial charge in [0.25, 0.3) is 5.91 Å². The van der Waals surface area contributed by atoms with E-state index >= 15 is 0 Å². The molecule has 1 aliphatic carbocycles. The van der Waals surface area contributed by atoms with Gasteiger partial charge in [0.15, 0.2) is 17.8 Å². The van der Waals surface area contributed by atoms with Crippen LogP contribution in [-0.2, 0) is 16.1 Å². The number of H-pyrrole nitrogens is 1. The molecular formula is C29H33N5O5. The maximum absolute atomic E-state index is 12.4. The first-order valence-corrected chi connectivity index (χ1v) is 13.3. The van der Waals surface area contributed by atoms with E-state index in [1.54, 1.807) is 24.3 Å². The topological polar surface area (TPSA) is 118 Å². The van der Waals surface area contributed by atoms with Gasteiger partial charge in [0.1, 0.15) is 11.8 Å². The lowest BCUT2D eigenvalue weighted by Gasteiger charge is -2.35. The third-order valence-corrected chi connectivity index (χ3v) is 6.96. The van der Waals surface area contributed by atoms with Gasteiger partial charge in [0, 0.05) is 17.4 Å². The summed E-state index contributed by atoms with van der Waals surface area (Å²) in [7, 11) is 1.63. The Kier molecular flexibility index (Phi) is 8.21. The van der Waals surface area contributed by atoms with E-state index in [1.807, 2.05) is 43.3 Å². The molecule has 1 aliphatic heterocycles. The van der Waals surface area contributed by atoms with Gasteiger partial charge < -0.3 is 19.5 Å². The van der Waals surface area contributed by atoms with Crippen molar-refractivity contribution in [1.29, 1.82) is 0 Å². The van der Waals surface area contributed by atoms with Crippen LogP contribution in [0.2, 0.25) is 0 Å². The fourth-order valence-electron chi connectivity index (χ4n) is 4.95. The second kappa shape index (κ2) is 12.1. The van der Waals surface area contributed by atoms with E-state index in [0.29, 0.717) is 35.8 Å². The van der Waals surface area contributed by atoms with Gasteiger partial charge in [0.2, 0.25) is 6.23 Å². The average molecular weight is 532 g/mol. The summed E-state index contributed by atoms with van der Waals surface area (Å²) < 4.78 is 18.0. The monoisotopic (exact) mass is 531 g/mol. The predicted molar refractivity (Wildman–Crippen MR) is 146 cm³/mol. The zero-order chi connectivity index (χ0) is 27.2. The van der Waals surface area contributed by atoms with Crippen molar-refractivity contribution in [3.63, 3.8) is 0 Å². The molecule has 2 heterocycles. The molecule has 0 saturated heterocycles. The van der Waals surface area contributed by atoms with E-state index in [2.05, 4.69) is 15.5 Å². The summed E-state index contributed by atoms with van der Waals surface area (Å²) in [5.74, 6) is 1.06. The normalized spacial score (nSPS) is 19.4. The first kappa shape index (κ1) is 26.4. The highest BCUT2D eigenvalue weighted by Gasteiger charge is 2.32. The van der Waals surface area contributed by atoms with Gasteiger partial charge >= 0.3 is 0 Å². The number of nitrogens with one attached hydrogen (secondary N) is 2. The molecule has 39 heavy (non-hydrogen) atoms. The minimum absolute atomic E-state index is 0.178. The lowest BCUT2D eigenvalue weighted by molar-refractivity contribution is -0.139. The van der Waals surface area contributed by atoms with Crippen LogP contribution >= 0.6 is 0 Å². The second-order valence-electron chi connectivity index (χ2n) is 9.66. The van der Waals surface area contributed by atoms with E-state index in [4.69, 9.17) is 19.3 Å². The Morgan fingerprint density at radius 1 is 1.18 bits per heavy atom. The third kappa shape index (κ3) is 6.12. The van der Waals surface area contributed by atoms with Gasteiger partial charge in [-0.15, -0.1) is 0 Å². The molecule has 2 N–H and O–H groups in total. The number of aldehydes is 1. The number of rotatable bonds is 10. The fourth-order valence-corrected chi connectivity index (χ4v) is 4.95. The number of hydrazone groups is 1. The van der Waals surface area contributed by atoms with Crippen LogP contribution < -0.4 is 14.8 Å². The number of ether oxygens (including phenoxy) is 3. The molecule has 2 aliphatic rings. The van der Waals surface area contributed by atoms with Crippen LogP contribution in [0.25, 0.3) is 0 Å². The summed E-state index contributed by atoms with van der Waals surface area (Å²) in [6, 6.07) is 14.8. The van der Waals surface area contributed by atoms with Crippen LogP contribution in [0.1, 0.15) is 60.6 Å². The molecule has 3 aromatic rings. The molecule has 0 bridgehead atoms. The van der Waals surface area contributed by atoms with Crippen molar-refractivity contribution < 1.29 is 23.8 Å². The maximum atomic E-state index is 12.4. The molecule has 1 amide bonds. The van der Waals surface area contributed by atoms with Gasteiger partial charge in [0.05, 0.1) is 25.5 Å². The zero-order valence-corrected chi connectivity index (χ0v) is 22.1. The van der Waals surface area contributed by atoms with Crippen molar-refractivity contribution in [2.24, 2.45) is 5.10 Å². The number of anilines is 1. The number of hydrogen-bond acceptors (Lipinski definition) is 8. The van der Waals surface area contributed by atoms with Crippen LogP contribution in [0.4, 0.5) is 5.69 Å². The number of carbonyl (C=O) groups excluding carboxylic acids is 2. The SMILES string of the molecule is CCC1OC(C=O)N(Cc2cccc(NC(=O)c3ccn[nH]3)c2)N=C1c1ccc(OC)c(OC2CCCC2)c1. The Bertz CT molecular complexity index is 1320. The largest absolute Gasteiger partial charge is 0.493 e. The Labute approximate surface area is 227 Å². The van der Waals surface area contributed by atoms with Crippen molar-refractivity contribution in [2.45, 2.75) is 64.0 Å². The molecule has 2 unspecified atom stereocenters. The third-order valence-electron chi connectivity index (χ3n) is 6.96. The lowest BCUT2D eigenvalue weighted by atomic mass is 10.0. The van der Waals surface area contributed by atoms with E-state index in [1.165, 1.54) is 19.0 Å². The van der Waals surface area contributed by atoms with Crippen LogP contribution in [0.15, 0.2) is 59.8 Å². The standard InChI is InChI=1S/C29H33N5O5/c1-3-24-28(20-11-12-25(37-2)26(16-20)38-22-9-4-5-10-22)33-34(27(18-35)39-24)17-19-7-6-8-21(15-19)31-29(36)23-13-14-30-32-23/h6-8,11-16,18,22,24,27H,3-5,9-10,17H2,1-2H3,(H,30,32)(H,31,36). The number of amides is 1. The first-order valence-electron chi connectivity index (χ1n) is 13.3. The van der Waals surface area contributed by atoms with Gasteiger partial charge in [-0.05, 0) is 74.1 Å². The van der Waals surface area contributed by atoms with E-state index in [9.17, 15) is 9.59 Å². The molecule has 10 heteroatoms. The number of aromatic nitrogens is 2. The Hall–Kier alpha value is -4.18. The minimum atomic E-state index is -0.839. The number of hydrogen-bond donors (Lipinski definition) is 2. The van der Waals surface area contributed by atoms with E-state index in [0.717, 1.165) is 36.0 Å². The van der Waals surface area contributed by atoms with Crippen LogP contribution in [0, 0.1) is 0 Å². The highest BCUT2D eigenvalue weighted by molar-refractivity contribution is 6.04. The summed E-state index contributed by atoms with van der Waals surface area (Å²) in [4.78, 5) is 24.4. The first-order chi connectivity index (χ1) is 19.1. The molecule has 10 nitrogen and oxygen atoms in total. The van der Waals surface area contributed by atoms with Gasteiger partial charge in [-0.1, -0.05) is 19.1 Å². The number of carbonyl (C=O) groups is 2. The molecule has 0 spiro atoms. The smallest absolute Gasteiger partial charge is 0.273 e. The van der Waals surface area contributed by atoms with Crippen LogP contribution in [0.3, 0.4) is 0 Å². The summed E-state index contributed by atoms with van der Waals surface area (Å²) in [5.41, 5.74) is 3.41. The van der Waals surface area contributed by atoms with Gasteiger partial charge in [-0.3, -0.25) is 19.7 Å². The molecule has 1 aromatic heterocycles. The van der Waals surface area contributed by atoms with Gasteiger partial charge in [-0.2, -0.15) is 10.2 Å². The molecular weight excluding hydrogens is 498 g/mol. The number of aromatic amines is 1. The summed E-state index contributed by atoms with van der Waals surface area (Å²) in [6.45, 7) is 2.31. The molecule has 0 radical (unpaired) electrons. The number of methoxy groups -OCH3 is 1. The molecule has 2 aromatic carbocycles. The van der Waals surface area contributed by atoms with Crippen molar-refractivity contribution >= 4 is 23.6 Å². The highest BCUT2D eigenvalue weighted by Crippen LogP contribution is 2.34. The molecule has 1 saturated carbocycles. The number of benzene rings is 2. The predicted octanol–water partition coefficient (Wildman–Crippen LogP) is 4.53. The number of nitrogens with zero attached hydrogens (tertiary/aromatic N) is 3. The fraction of sp³-hybridized carbons (Fsp3) is 0.379. The molecule has 5 rings (SSSR count). The van der Waals surface area contributed by atoms with E-state index in [-0.39, 0.29) is 18.1 Å². The van der Waals surface area contributed by atoms with Crippen molar-refractivity contribution in [1.82, 2.24) is 15.2 Å². The maximum Gasteiger partial charge on any atom is 0.273 e. The van der Waals surface area contributed by atoms with Crippen molar-refractivity contribution in [3.8, 4) is 11.5 Å². The summed E-state index contributed by atoms with van der Waals surface area (Å²) in [6.07, 6.45) is 6.31. The van der Waals surface area contributed by atoms with Crippen LogP contribution in [-0.4, -0.2) is 58.7 Å². The average Bonchev–Trinajstić information content (AvgIpc) is 3.68. The molecule has 2 atom stereocenters. The quantitative estimate of drug-likeness (QED) is 0.369. The molecule has 204 valence electrons. The highest BCUT2D eigenvalue weighted by atomic mass is 16.5. The minimum Gasteiger partial charge on any atom is -0.493 e. The Morgan fingerprint density at radius 3 is 2.74 bits per heavy atom. The van der Waals surface area contributed by atoms with Crippen molar-refractivity contribution in [3.05, 3.63) is 71.5 Å².